The molecule has 1 aromatic heterocycles. The monoisotopic (exact) mass is 516 g/mol. The van der Waals surface area contributed by atoms with Crippen LogP contribution in [0.25, 0.3) is 0 Å². The summed E-state index contributed by atoms with van der Waals surface area (Å²) in [6.45, 7) is 12.9. The van der Waals surface area contributed by atoms with Crippen molar-refractivity contribution in [3.63, 3.8) is 0 Å². The van der Waals surface area contributed by atoms with E-state index in [1.54, 1.807) is 6.20 Å². The van der Waals surface area contributed by atoms with E-state index in [1.807, 2.05) is 30.9 Å². The van der Waals surface area contributed by atoms with Gasteiger partial charge in [0.2, 0.25) is 5.91 Å². The zero-order chi connectivity index (χ0) is 26.9. The third-order valence-corrected chi connectivity index (χ3v) is 9.49. The maximum absolute atomic E-state index is 13.4. The van der Waals surface area contributed by atoms with E-state index in [0.29, 0.717) is 17.9 Å². The minimum atomic E-state index is 0.103. The van der Waals surface area contributed by atoms with Crippen LogP contribution in [0.15, 0.2) is 42.6 Å². The van der Waals surface area contributed by atoms with E-state index in [-0.39, 0.29) is 17.4 Å². The molecule has 2 aromatic rings. The van der Waals surface area contributed by atoms with Crippen LogP contribution in [-0.2, 0) is 11.3 Å². The number of amides is 2. The number of benzene rings is 1. The average molecular weight is 517 g/mol. The molecule has 3 heterocycles. The minimum absolute atomic E-state index is 0.103. The first-order valence-electron chi connectivity index (χ1n) is 14.6. The first kappa shape index (κ1) is 26.9. The summed E-state index contributed by atoms with van der Waals surface area (Å²) in [5.74, 6) is 1.23. The van der Waals surface area contributed by atoms with Gasteiger partial charge < -0.3 is 9.80 Å². The van der Waals surface area contributed by atoms with Crippen molar-refractivity contribution >= 4 is 11.8 Å². The van der Waals surface area contributed by atoms with Gasteiger partial charge in [0.05, 0.1) is 11.3 Å². The third kappa shape index (κ3) is 5.38. The van der Waals surface area contributed by atoms with E-state index in [1.165, 1.54) is 5.56 Å². The highest BCUT2D eigenvalue weighted by atomic mass is 16.2. The fraction of sp³-hybridized carbons (Fsp3) is 0.594. The Morgan fingerprint density at radius 3 is 2.21 bits per heavy atom. The molecule has 0 unspecified atom stereocenters. The number of hydrogen-bond donors (Lipinski definition) is 0. The molecule has 5 rings (SSSR count). The predicted octanol–water partition coefficient (Wildman–Crippen LogP) is 5.23. The molecule has 3 fully saturated rings. The van der Waals surface area contributed by atoms with Gasteiger partial charge in [0.15, 0.2) is 0 Å². The molecule has 2 saturated heterocycles. The number of carbonyl (C=O) groups is 2. The molecule has 0 radical (unpaired) electrons. The Labute approximate surface area is 228 Å². The van der Waals surface area contributed by atoms with Crippen molar-refractivity contribution in [3.05, 3.63) is 65.0 Å². The minimum Gasteiger partial charge on any atom is -0.338 e. The lowest BCUT2D eigenvalue weighted by Gasteiger charge is -2.54. The summed E-state index contributed by atoms with van der Waals surface area (Å²) in [5.41, 5.74) is 3.92. The Bertz CT molecular complexity index is 1110. The molecular formula is C32H44N4O2. The molecule has 0 spiro atoms. The highest BCUT2D eigenvalue weighted by molar-refractivity contribution is 5.96. The molecular weight excluding hydrogens is 472 g/mol. The van der Waals surface area contributed by atoms with Crippen LogP contribution in [0.1, 0.15) is 79.6 Å². The van der Waals surface area contributed by atoms with E-state index < -0.39 is 0 Å². The molecule has 0 bridgehead atoms. The van der Waals surface area contributed by atoms with E-state index >= 15 is 0 Å². The highest BCUT2D eigenvalue weighted by Gasteiger charge is 2.45. The Balaban J connectivity index is 1.24. The van der Waals surface area contributed by atoms with Gasteiger partial charge in [0, 0.05) is 56.4 Å². The third-order valence-electron chi connectivity index (χ3n) is 9.49. The summed E-state index contributed by atoms with van der Waals surface area (Å²) in [6, 6.07) is 12.7. The van der Waals surface area contributed by atoms with Crippen molar-refractivity contribution < 1.29 is 9.59 Å². The van der Waals surface area contributed by atoms with Gasteiger partial charge >= 0.3 is 0 Å². The maximum atomic E-state index is 13.4. The number of aryl methyl sites for hydroxylation is 2. The molecule has 1 aromatic carbocycles. The van der Waals surface area contributed by atoms with E-state index in [0.717, 1.165) is 88.1 Å². The number of piperidine rings is 2. The summed E-state index contributed by atoms with van der Waals surface area (Å²) in [7, 11) is 0. The quantitative estimate of drug-likeness (QED) is 0.506. The fourth-order valence-electron chi connectivity index (χ4n) is 6.89. The summed E-state index contributed by atoms with van der Waals surface area (Å²) in [5, 5.41) is 0. The van der Waals surface area contributed by atoms with Crippen LogP contribution in [0.5, 0.6) is 0 Å². The van der Waals surface area contributed by atoms with Crippen LogP contribution in [-0.4, -0.2) is 69.3 Å². The Morgan fingerprint density at radius 1 is 0.974 bits per heavy atom. The SMILES string of the molecule is Cc1ccnc(C)c1C(=O)N1CCC(C(C)C)(N2CCC(N(Cc3ccccc3)C(=O)C3CC3)CC2)CC1. The van der Waals surface area contributed by atoms with Crippen molar-refractivity contribution in [3.8, 4) is 0 Å². The molecule has 204 valence electrons. The lowest BCUT2D eigenvalue weighted by Crippen LogP contribution is -2.62. The largest absolute Gasteiger partial charge is 0.338 e. The van der Waals surface area contributed by atoms with Crippen molar-refractivity contribution in [2.24, 2.45) is 11.8 Å². The summed E-state index contributed by atoms with van der Waals surface area (Å²) in [6.07, 6.45) is 7.92. The molecule has 1 aliphatic carbocycles. The van der Waals surface area contributed by atoms with Gasteiger partial charge in [0.25, 0.3) is 5.91 Å². The van der Waals surface area contributed by atoms with Crippen molar-refractivity contribution in [2.75, 3.05) is 26.2 Å². The Morgan fingerprint density at radius 2 is 1.63 bits per heavy atom. The van der Waals surface area contributed by atoms with Crippen LogP contribution < -0.4 is 0 Å². The lowest BCUT2D eigenvalue weighted by atomic mass is 9.75. The Kier molecular flexibility index (Phi) is 7.90. The summed E-state index contributed by atoms with van der Waals surface area (Å²) < 4.78 is 0. The number of aromatic nitrogens is 1. The molecule has 6 heteroatoms. The van der Waals surface area contributed by atoms with Crippen LogP contribution in [0, 0.1) is 25.7 Å². The van der Waals surface area contributed by atoms with Crippen LogP contribution in [0.3, 0.4) is 0 Å². The summed E-state index contributed by atoms with van der Waals surface area (Å²) in [4.78, 5) is 38.1. The molecule has 38 heavy (non-hydrogen) atoms. The molecule has 3 aliphatic rings. The Hall–Kier alpha value is -2.73. The van der Waals surface area contributed by atoms with E-state index in [4.69, 9.17) is 0 Å². The molecule has 2 amide bonds. The number of pyridine rings is 1. The molecule has 0 atom stereocenters. The maximum Gasteiger partial charge on any atom is 0.255 e. The first-order chi connectivity index (χ1) is 18.3. The van der Waals surface area contributed by atoms with Crippen LogP contribution >= 0.6 is 0 Å². The average Bonchev–Trinajstić information content (AvgIpc) is 3.78. The smallest absolute Gasteiger partial charge is 0.255 e. The lowest BCUT2D eigenvalue weighted by molar-refractivity contribution is -0.137. The van der Waals surface area contributed by atoms with Gasteiger partial charge in [-0.05, 0) is 75.5 Å². The van der Waals surface area contributed by atoms with Crippen molar-refractivity contribution in [1.82, 2.24) is 19.7 Å². The van der Waals surface area contributed by atoms with Gasteiger partial charge in [-0.1, -0.05) is 44.2 Å². The van der Waals surface area contributed by atoms with Crippen LogP contribution in [0.2, 0.25) is 0 Å². The first-order valence-corrected chi connectivity index (χ1v) is 14.6. The van der Waals surface area contributed by atoms with Gasteiger partial charge in [-0.3, -0.25) is 19.5 Å². The molecule has 2 aliphatic heterocycles. The number of hydrogen-bond acceptors (Lipinski definition) is 4. The van der Waals surface area contributed by atoms with Crippen molar-refractivity contribution in [1.29, 1.82) is 0 Å². The van der Waals surface area contributed by atoms with Crippen molar-refractivity contribution in [2.45, 2.75) is 84.3 Å². The number of rotatable bonds is 7. The van der Waals surface area contributed by atoms with Gasteiger partial charge in [-0.2, -0.15) is 0 Å². The molecule has 0 N–H and O–H groups in total. The summed E-state index contributed by atoms with van der Waals surface area (Å²) >= 11 is 0. The topological polar surface area (TPSA) is 56.8 Å². The van der Waals surface area contributed by atoms with Crippen LogP contribution in [0.4, 0.5) is 0 Å². The standard InChI is InChI=1S/C32H44N4O2/c1-23(2)32(15-20-34(21-16-32)31(38)29-24(3)12-17-33-25(29)4)35-18-13-28(14-19-35)36(30(37)27-10-11-27)22-26-8-6-5-7-9-26/h5-9,12,17,23,27-28H,10-11,13-16,18-22H2,1-4H3. The van der Waals surface area contributed by atoms with Gasteiger partial charge in [0.1, 0.15) is 0 Å². The van der Waals surface area contributed by atoms with Gasteiger partial charge in [-0.15, -0.1) is 0 Å². The second-order valence-electron chi connectivity index (χ2n) is 12.1. The highest BCUT2D eigenvalue weighted by Crippen LogP contribution is 2.40. The van der Waals surface area contributed by atoms with E-state index in [2.05, 4.69) is 52.9 Å². The van der Waals surface area contributed by atoms with E-state index in [9.17, 15) is 9.59 Å². The normalized spacial score (nSPS) is 20.5. The predicted molar refractivity (Wildman–Crippen MR) is 151 cm³/mol. The fourth-order valence-corrected chi connectivity index (χ4v) is 6.89. The molecule has 1 saturated carbocycles. The number of likely N-dealkylation sites (tertiary alicyclic amines) is 2. The number of nitrogens with zero attached hydrogens (tertiary/aromatic N) is 4. The second-order valence-corrected chi connectivity index (χ2v) is 12.1. The van der Waals surface area contributed by atoms with Gasteiger partial charge in [-0.25, -0.2) is 0 Å². The molecule has 6 nitrogen and oxygen atoms in total. The zero-order valence-corrected chi connectivity index (χ0v) is 23.7. The second kappa shape index (κ2) is 11.2. The number of carbonyl (C=O) groups excluding carboxylic acids is 2. The zero-order valence-electron chi connectivity index (χ0n) is 23.7.